The highest BCUT2D eigenvalue weighted by atomic mass is 32.2. The van der Waals surface area contributed by atoms with Crippen molar-refractivity contribution in [2.75, 3.05) is 6.54 Å². The van der Waals surface area contributed by atoms with Crippen molar-refractivity contribution in [1.82, 2.24) is 10.6 Å². The molecule has 2 aliphatic rings. The van der Waals surface area contributed by atoms with Crippen LogP contribution in [0.2, 0.25) is 0 Å². The molecule has 1 heterocycles. The van der Waals surface area contributed by atoms with Gasteiger partial charge in [0.25, 0.3) is 0 Å². The second-order valence-electron chi connectivity index (χ2n) is 4.39. The van der Waals surface area contributed by atoms with Gasteiger partial charge < -0.3 is 10.6 Å². The van der Waals surface area contributed by atoms with E-state index in [1.165, 1.54) is 19.3 Å². The van der Waals surface area contributed by atoms with E-state index in [9.17, 15) is 5.26 Å². The molecule has 0 aromatic carbocycles. The summed E-state index contributed by atoms with van der Waals surface area (Å²) in [6, 6.07) is 2.37. The summed E-state index contributed by atoms with van der Waals surface area (Å²) in [7, 11) is 0. The highest BCUT2D eigenvalue weighted by Gasteiger charge is 2.37. The predicted octanol–water partition coefficient (Wildman–Crippen LogP) is 2.51. The molecular formula is C12H17N3S2. The van der Waals surface area contributed by atoms with Crippen LogP contribution >= 0.6 is 24.0 Å². The minimum absolute atomic E-state index is 0.450. The Morgan fingerprint density at radius 1 is 1.53 bits per heavy atom. The number of thiocarbonyl (C=S) groups is 1. The Balaban J connectivity index is 2.09. The molecular weight excluding hydrogens is 250 g/mol. The number of nitriles is 1. The standard InChI is InChI=1S/C12H17N3S2/c1-2-14-12(16)15-11-9(7-13)8-5-3-4-6-10(8)17-11/h8,10H,2-6H2,1H3,(H2,14,15,16). The third-order valence-corrected chi connectivity index (χ3v) is 4.94. The molecule has 0 amide bonds. The van der Waals surface area contributed by atoms with Crippen molar-refractivity contribution in [3.8, 4) is 6.07 Å². The molecule has 1 fully saturated rings. The second-order valence-corrected chi connectivity index (χ2v) is 6.04. The van der Waals surface area contributed by atoms with Crippen molar-refractivity contribution in [2.24, 2.45) is 5.92 Å². The molecule has 1 saturated carbocycles. The van der Waals surface area contributed by atoms with Crippen molar-refractivity contribution < 1.29 is 0 Å². The van der Waals surface area contributed by atoms with Gasteiger partial charge in [0.05, 0.1) is 16.7 Å². The van der Waals surface area contributed by atoms with E-state index in [4.69, 9.17) is 12.2 Å². The molecule has 2 N–H and O–H groups in total. The number of rotatable bonds is 2. The summed E-state index contributed by atoms with van der Waals surface area (Å²) in [5.41, 5.74) is 0.917. The topological polar surface area (TPSA) is 47.8 Å². The summed E-state index contributed by atoms with van der Waals surface area (Å²) < 4.78 is 0. The fraction of sp³-hybridized carbons (Fsp3) is 0.667. The van der Waals surface area contributed by atoms with Gasteiger partial charge in [-0.15, -0.1) is 11.8 Å². The zero-order valence-electron chi connectivity index (χ0n) is 9.95. The Labute approximate surface area is 112 Å². The fourth-order valence-corrected chi connectivity index (χ4v) is 4.31. The number of nitrogens with zero attached hydrogens (tertiary/aromatic N) is 1. The number of thioether (sulfide) groups is 1. The monoisotopic (exact) mass is 267 g/mol. The zero-order chi connectivity index (χ0) is 12.3. The Morgan fingerprint density at radius 2 is 2.29 bits per heavy atom. The minimum Gasteiger partial charge on any atom is -0.363 e. The van der Waals surface area contributed by atoms with Crippen LogP contribution in [0.25, 0.3) is 0 Å². The average Bonchev–Trinajstić information content (AvgIpc) is 2.66. The van der Waals surface area contributed by atoms with Crippen LogP contribution in [0.5, 0.6) is 0 Å². The highest BCUT2D eigenvalue weighted by Crippen LogP contribution is 2.47. The van der Waals surface area contributed by atoms with Crippen LogP contribution in [0, 0.1) is 17.2 Å². The van der Waals surface area contributed by atoms with Gasteiger partial charge in [-0.1, -0.05) is 12.8 Å². The van der Waals surface area contributed by atoms with Gasteiger partial charge in [-0.2, -0.15) is 5.26 Å². The molecule has 5 heteroatoms. The fourth-order valence-electron chi connectivity index (χ4n) is 2.49. The van der Waals surface area contributed by atoms with E-state index in [1.54, 1.807) is 11.8 Å². The van der Waals surface area contributed by atoms with E-state index >= 15 is 0 Å². The van der Waals surface area contributed by atoms with Gasteiger partial charge in [0.1, 0.15) is 0 Å². The summed E-state index contributed by atoms with van der Waals surface area (Å²) in [5, 5.41) is 17.7. The lowest BCUT2D eigenvalue weighted by atomic mass is 9.84. The molecule has 0 aromatic heterocycles. The molecule has 1 aliphatic carbocycles. The van der Waals surface area contributed by atoms with Gasteiger partial charge in [0.2, 0.25) is 0 Å². The van der Waals surface area contributed by atoms with Crippen LogP contribution in [-0.4, -0.2) is 16.9 Å². The molecule has 2 unspecified atom stereocenters. The Hall–Kier alpha value is -0.730. The van der Waals surface area contributed by atoms with Crippen LogP contribution in [0.3, 0.4) is 0 Å². The highest BCUT2D eigenvalue weighted by molar-refractivity contribution is 8.04. The largest absolute Gasteiger partial charge is 0.363 e. The second kappa shape index (κ2) is 5.74. The van der Waals surface area contributed by atoms with Crippen molar-refractivity contribution in [3.05, 3.63) is 10.6 Å². The Morgan fingerprint density at radius 3 is 3.00 bits per heavy atom. The average molecular weight is 267 g/mol. The number of hydrogen-bond donors (Lipinski definition) is 2. The van der Waals surface area contributed by atoms with Crippen LogP contribution in [0.1, 0.15) is 32.6 Å². The molecule has 0 saturated heterocycles. The van der Waals surface area contributed by atoms with E-state index in [0.717, 1.165) is 23.6 Å². The molecule has 1 aliphatic heterocycles. The first-order valence-corrected chi connectivity index (χ1v) is 7.40. The van der Waals surface area contributed by atoms with Crippen molar-refractivity contribution in [2.45, 2.75) is 37.9 Å². The molecule has 0 aromatic rings. The lowest BCUT2D eigenvalue weighted by Gasteiger charge is -2.24. The molecule has 0 spiro atoms. The SMILES string of the molecule is CCNC(=S)NC1=C(C#N)C2CCCCC2S1. The quantitative estimate of drug-likeness (QED) is 0.753. The van der Waals surface area contributed by atoms with Crippen LogP contribution in [0.15, 0.2) is 10.6 Å². The van der Waals surface area contributed by atoms with E-state index in [1.807, 2.05) is 6.92 Å². The maximum Gasteiger partial charge on any atom is 0.171 e. The zero-order valence-corrected chi connectivity index (χ0v) is 11.6. The van der Waals surface area contributed by atoms with E-state index in [-0.39, 0.29) is 0 Å². The first-order valence-electron chi connectivity index (χ1n) is 6.12. The molecule has 2 rings (SSSR count). The first-order chi connectivity index (χ1) is 8.26. The maximum absolute atomic E-state index is 9.29. The van der Waals surface area contributed by atoms with Crippen LogP contribution in [-0.2, 0) is 0 Å². The Kier molecular flexibility index (Phi) is 4.30. The lowest BCUT2D eigenvalue weighted by Crippen LogP contribution is -2.33. The summed E-state index contributed by atoms with van der Waals surface area (Å²) in [6.45, 7) is 2.81. The first kappa shape index (κ1) is 12.7. The summed E-state index contributed by atoms with van der Waals surface area (Å²) >= 11 is 6.98. The van der Waals surface area contributed by atoms with Crippen molar-refractivity contribution in [1.29, 1.82) is 5.26 Å². The smallest absolute Gasteiger partial charge is 0.171 e. The normalized spacial score (nSPS) is 27.3. The lowest BCUT2D eigenvalue weighted by molar-refractivity contribution is 0.427. The summed E-state index contributed by atoms with van der Waals surface area (Å²) in [4.78, 5) is 0. The number of hydrogen-bond acceptors (Lipinski definition) is 3. The molecule has 2 atom stereocenters. The van der Waals surface area contributed by atoms with Crippen molar-refractivity contribution in [3.63, 3.8) is 0 Å². The van der Waals surface area contributed by atoms with Gasteiger partial charge in [-0.05, 0) is 32.0 Å². The summed E-state index contributed by atoms with van der Waals surface area (Å²) in [6.07, 6.45) is 4.91. The number of nitrogens with one attached hydrogen (secondary N) is 2. The number of fused-ring (bicyclic) bond motifs is 1. The molecule has 0 bridgehead atoms. The van der Waals surface area contributed by atoms with E-state index in [0.29, 0.717) is 16.3 Å². The van der Waals surface area contributed by atoms with E-state index in [2.05, 4.69) is 16.7 Å². The van der Waals surface area contributed by atoms with Gasteiger partial charge in [0, 0.05) is 17.7 Å². The summed E-state index contributed by atoms with van der Waals surface area (Å²) in [5.74, 6) is 0.450. The number of allylic oxidation sites excluding steroid dienone is 1. The van der Waals surface area contributed by atoms with E-state index < -0.39 is 0 Å². The van der Waals surface area contributed by atoms with Crippen LogP contribution < -0.4 is 10.6 Å². The molecule has 3 nitrogen and oxygen atoms in total. The molecule has 17 heavy (non-hydrogen) atoms. The minimum atomic E-state index is 0.450. The third-order valence-electron chi connectivity index (χ3n) is 3.27. The van der Waals surface area contributed by atoms with Gasteiger partial charge in [-0.25, -0.2) is 0 Å². The van der Waals surface area contributed by atoms with Crippen LogP contribution in [0.4, 0.5) is 0 Å². The van der Waals surface area contributed by atoms with Gasteiger partial charge in [-0.3, -0.25) is 0 Å². The van der Waals surface area contributed by atoms with Crippen molar-refractivity contribution >= 4 is 29.1 Å². The molecule has 92 valence electrons. The Bertz CT molecular complexity index is 384. The third kappa shape index (κ3) is 2.75. The maximum atomic E-state index is 9.29. The molecule has 0 radical (unpaired) electrons. The predicted molar refractivity (Wildman–Crippen MR) is 75.4 cm³/mol. The van der Waals surface area contributed by atoms with Gasteiger partial charge >= 0.3 is 0 Å². The van der Waals surface area contributed by atoms with Gasteiger partial charge in [0.15, 0.2) is 5.11 Å².